The number of hydrogen-bond acceptors (Lipinski definition) is 5. The van der Waals surface area contributed by atoms with Gasteiger partial charge in [-0.1, -0.05) is 0 Å². The van der Waals surface area contributed by atoms with Crippen LogP contribution in [-0.2, 0) is 21.1 Å². The van der Waals surface area contributed by atoms with Crippen LogP contribution < -0.4 is 5.32 Å². The van der Waals surface area contributed by atoms with Gasteiger partial charge in [0.05, 0.1) is 17.8 Å². The number of sulfone groups is 1. The highest BCUT2D eigenvalue weighted by atomic mass is 32.2. The van der Waals surface area contributed by atoms with Crippen molar-refractivity contribution in [1.29, 1.82) is 0 Å². The maximum absolute atomic E-state index is 11.7. The number of aromatic amines is 1. The number of H-pyrrole nitrogens is 1. The fourth-order valence-electron chi connectivity index (χ4n) is 2.43. The number of hydrogen-bond donors (Lipinski definition) is 2. The van der Waals surface area contributed by atoms with Crippen LogP contribution in [0, 0.1) is 0 Å². The van der Waals surface area contributed by atoms with Crippen molar-refractivity contribution in [2.24, 2.45) is 0 Å². The number of nitrogens with one attached hydrogen (secondary N) is 2. The normalized spacial score (nSPS) is 20.8. The van der Waals surface area contributed by atoms with Gasteiger partial charge >= 0.3 is 0 Å². The molecule has 1 amide bonds. The minimum atomic E-state index is -2.87. The highest BCUT2D eigenvalue weighted by molar-refractivity contribution is 7.91. The third-order valence-electron chi connectivity index (χ3n) is 3.79. The number of rotatable bonds is 7. The molecule has 0 saturated carbocycles. The minimum absolute atomic E-state index is 0.0118. The molecule has 1 fully saturated rings. The molecule has 7 nitrogen and oxygen atoms in total. The second-order valence-electron chi connectivity index (χ2n) is 5.46. The van der Waals surface area contributed by atoms with Crippen molar-refractivity contribution < 1.29 is 13.2 Å². The maximum Gasteiger partial charge on any atom is 0.221 e. The van der Waals surface area contributed by atoms with E-state index in [0.717, 1.165) is 12.1 Å². The summed E-state index contributed by atoms with van der Waals surface area (Å²) in [5.74, 6) is 0.464. The quantitative estimate of drug-likeness (QED) is 0.712. The Hall–Kier alpha value is -1.41. The lowest BCUT2D eigenvalue weighted by molar-refractivity contribution is -0.121. The predicted molar refractivity (Wildman–Crippen MR) is 79.6 cm³/mol. The third kappa shape index (κ3) is 5.13. The Morgan fingerprint density at radius 1 is 1.57 bits per heavy atom. The monoisotopic (exact) mass is 314 g/mol. The maximum atomic E-state index is 11.7. The first-order chi connectivity index (χ1) is 9.96. The van der Waals surface area contributed by atoms with Gasteiger partial charge in [0.2, 0.25) is 5.91 Å². The van der Waals surface area contributed by atoms with E-state index in [1.807, 2.05) is 11.9 Å². The molecule has 1 aromatic heterocycles. The summed E-state index contributed by atoms with van der Waals surface area (Å²) in [5.41, 5.74) is 0.989. The van der Waals surface area contributed by atoms with Crippen LogP contribution in [0.25, 0.3) is 0 Å². The Balaban J connectivity index is 1.62. The zero-order chi connectivity index (χ0) is 15.3. The molecule has 1 aromatic rings. The van der Waals surface area contributed by atoms with Gasteiger partial charge in [-0.15, -0.1) is 0 Å². The lowest BCUT2D eigenvalue weighted by Crippen LogP contribution is -2.36. The van der Waals surface area contributed by atoms with E-state index in [2.05, 4.69) is 15.3 Å². The molecule has 1 saturated heterocycles. The van der Waals surface area contributed by atoms with E-state index < -0.39 is 9.84 Å². The zero-order valence-corrected chi connectivity index (χ0v) is 13.0. The summed E-state index contributed by atoms with van der Waals surface area (Å²) < 4.78 is 22.8. The van der Waals surface area contributed by atoms with E-state index in [1.54, 1.807) is 12.5 Å². The molecule has 0 radical (unpaired) electrons. The van der Waals surface area contributed by atoms with Crippen molar-refractivity contribution in [3.8, 4) is 0 Å². The molecule has 118 valence electrons. The van der Waals surface area contributed by atoms with E-state index in [4.69, 9.17) is 0 Å². The smallest absolute Gasteiger partial charge is 0.221 e. The Labute approximate surface area is 125 Å². The third-order valence-corrected chi connectivity index (χ3v) is 5.55. The standard InChI is InChI=1S/C13H22N4O3S/c1-17(12-4-7-21(19,20)9-12)6-3-13(18)15-5-2-11-8-14-10-16-11/h8,10,12H,2-7,9H2,1H3,(H,14,16)(H,15,18). The van der Waals surface area contributed by atoms with Crippen molar-refractivity contribution in [2.45, 2.75) is 25.3 Å². The Morgan fingerprint density at radius 2 is 2.38 bits per heavy atom. The van der Waals surface area contributed by atoms with Crippen LogP contribution in [-0.4, -0.2) is 66.9 Å². The molecular weight excluding hydrogens is 292 g/mol. The molecule has 8 heteroatoms. The summed E-state index contributed by atoms with van der Waals surface area (Å²) >= 11 is 0. The van der Waals surface area contributed by atoms with Gasteiger partial charge in [-0.2, -0.15) is 0 Å². The van der Waals surface area contributed by atoms with Gasteiger partial charge in [-0.25, -0.2) is 13.4 Å². The highest BCUT2D eigenvalue weighted by Gasteiger charge is 2.30. The van der Waals surface area contributed by atoms with Crippen LogP contribution in [0.15, 0.2) is 12.5 Å². The Morgan fingerprint density at radius 3 is 3.00 bits per heavy atom. The molecule has 0 aliphatic carbocycles. The molecule has 0 bridgehead atoms. The molecule has 1 atom stereocenters. The summed E-state index contributed by atoms with van der Waals surface area (Å²) in [6.45, 7) is 1.15. The number of amides is 1. The fraction of sp³-hybridized carbons (Fsp3) is 0.692. The first-order valence-corrected chi connectivity index (χ1v) is 8.93. The number of carbonyl (C=O) groups is 1. The van der Waals surface area contributed by atoms with Gasteiger partial charge in [-0.05, 0) is 13.5 Å². The van der Waals surface area contributed by atoms with Crippen LogP contribution in [0.5, 0.6) is 0 Å². The molecule has 1 unspecified atom stereocenters. The second kappa shape index (κ2) is 7.04. The molecule has 1 aliphatic rings. The first kappa shape index (κ1) is 16.0. The average Bonchev–Trinajstić information content (AvgIpc) is 3.05. The van der Waals surface area contributed by atoms with Crippen molar-refractivity contribution in [3.05, 3.63) is 18.2 Å². The summed E-state index contributed by atoms with van der Waals surface area (Å²) in [6.07, 6.45) is 5.13. The van der Waals surface area contributed by atoms with Gasteiger partial charge in [0, 0.05) is 43.9 Å². The lowest BCUT2D eigenvalue weighted by Gasteiger charge is -2.22. The number of nitrogens with zero attached hydrogens (tertiary/aromatic N) is 2. The molecule has 2 N–H and O–H groups in total. The minimum Gasteiger partial charge on any atom is -0.356 e. The van der Waals surface area contributed by atoms with Gasteiger partial charge in [-0.3, -0.25) is 4.79 Å². The van der Waals surface area contributed by atoms with Gasteiger partial charge in [0.15, 0.2) is 9.84 Å². The number of imidazole rings is 1. The largest absolute Gasteiger partial charge is 0.356 e. The Bertz CT molecular complexity index is 556. The first-order valence-electron chi connectivity index (χ1n) is 7.11. The molecule has 2 heterocycles. The molecule has 2 rings (SSSR count). The molecule has 1 aliphatic heterocycles. The highest BCUT2D eigenvalue weighted by Crippen LogP contribution is 2.16. The van der Waals surface area contributed by atoms with Crippen LogP contribution in [0.1, 0.15) is 18.5 Å². The molecular formula is C13H22N4O3S. The summed E-state index contributed by atoms with van der Waals surface area (Å²) in [5, 5.41) is 2.85. The Kier molecular flexibility index (Phi) is 5.35. The van der Waals surface area contributed by atoms with E-state index in [0.29, 0.717) is 25.9 Å². The average molecular weight is 314 g/mol. The van der Waals surface area contributed by atoms with Crippen molar-refractivity contribution in [3.63, 3.8) is 0 Å². The molecule has 0 aromatic carbocycles. The van der Waals surface area contributed by atoms with Crippen LogP contribution in [0.3, 0.4) is 0 Å². The summed E-state index contributed by atoms with van der Waals surface area (Å²) in [7, 11) is -0.992. The molecule has 21 heavy (non-hydrogen) atoms. The fourth-order valence-corrected chi connectivity index (χ4v) is 4.24. The van der Waals surface area contributed by atoms with Gasteiger partial charge < -0.3 is 15.2 Å². The van der Waals surface area contributed by atoms with Crippen LogP contribution >= 0.6 is 0 Å². The summed E-state index contributed by atoms with van der Waals surface area (Å²) in [4.78, 5) is 20.6. The molecule has 0 spiro atoms. The lowest BCUT2D eigenvalue weighted by atomic mass is 10.2. The van der Waals surface area contributed by atoms with Gasteiger partial charge in [0.1, 0.15) is 0 Å². The van der Waals surface area contributed by atoms with Crippen molar-refractivity contribution >= 4 is 15.7 Å². The van der Waals surface area contributed by atoms with Gasteiger partial charge in [0.25, 0.3) is 0 Å². The van der Waals surface area contributed by atoms with E-state index in [-0.39, 0.29) is 23.5 Å². The second-order valence-corrected chi connectivity index (χ2v) is 7.69. The van der Waals surface area contributed by atoms with Crippen molar-refractivity contribution in [2.75, 3.05) is 31.6 Å². The van der Waals surface area contributed by atoms with Crippen LogP contribution in [0.2, 0.25) is 0 Å². The van der Waals surface area contributed by atoms with E-state index in [9.17, 15) is 13.2 Å². The topological polar surface area (TPSA) is 95.2 Å². The van der Waals surface area contributed by atoms with E-state index >= 15 is 0 Å². The zero-order valence-electron chi connectivity index (χ0n) is 12.2. The van der Waals surface area contributed by atoms with Crippen molar-refractivity contribution in [1.82, 2.24) is 20.2 Å². The number of aromatic nitrogens is 2. The van der Waals surface area contributed by atoms with Crippen LogP contribution in [0.4, 0.5) is 0 Å². The van der Waals surface area contributed by atoms with E-state index in [1.165, 1.54) is 0 Å². The summed E-state index contributed by atoms with van der Waals surface area (Å²) in [6, 6.07) is 0.0489. The SMILES string of the molecule is CN(CCC(=O)NCCc1cnc[nH]1)C1CCS(=O)(=O)C1. The number of carbonyl (C=O) groups excluding carboxylic acids is 1. The predicted octanol–water partition coefficient (Wildman–Crippen LogP) is -0.423.